The molecule has 0 amide bonds. The first-order chi connectivity index (χ1) is 15.4. The number of nitrogens with zero attached hydrogens (tertiary/aromatic N) is 1. The molecule has 1 atom stereocenters. The first-order valence-corrected chi connectivity index (χ1v) is 11.2. The highest BCUT2D eigenvalue weighted by molar-refractivity contribution is 9.10. The second-order valence-electron chi connectivity index (χ2n) is 7.44. The molecule has 8 heteroatoms. The lowest BCUT2D eigenvalue weighted by Crippen LogP contribution is -2.27. The lowest BCUT2D eigenvalue weighted by atomic mass is 9.77. The van der Waals surface area contributed by atoms with Crippen molar-refractivity contribution in [3.63, 3.8) is 0 Å². The summed E-state index contributed by atoms with van der Waals surface area (Å²) in [5.41, 5.74) is 8.25. The van der Waals surface area contributed by atoms with Crippen LogP contribution >= 0.6 is 27.5 Å². The number of methoxy groups -OCH3 is 1. The quantitative estimate of drug-likeness (QED) is 0.565. The molecule has 1 aliphatic heterocycles. The van der Waals surface area contributed by atoms with Crippen molar-refractivity contribution in [2.75, 3.05) is 7.11 Å². The van der Waals surface area contributed by atoms with Gasteiger partial charge in [-0.2, -0.15) is 5.26 Å². The van der Waals surface area contributed by atoms with E-state index in [0.717, 1.165) is 5.56 Å². The van der Waals surface area contributed by atoms with Crippen molar-refractivity contribution >= 4 is 33.3 Å². The van der Waals surface area contributed by atoms with E-state index in [1.54, 1.807) is 18.2 Å². The Morgan fingerprint density at radius 1 is 1.28 bits per heavy atom. The number of ether oxygens (including phenoxy) is 3. The zero-order valence-corrected chi connectivity index (χ0v) is 19.6. The molecule has 32 heavy (non-hydrogen) atoms. The molecule has 2 aromatic rings. The number of allylic oxidation sites excluding steroid dienone is 3. The molecule has 2 N–H and O–H groups in total. The van der Waals surface area contributed by atoms with Gasteiger partial charge in [0.25, 0.3) is 0 Å². The van der Waals surface area contributed by atoms with Crippen LogP contribution < -0.4 is 15.2 Å². The van der Waals surface area contributed by atoms with E-state index in [4.69, 9.17) is 31.5 Å². The van der Waals surface area contributed by atoms with Crippen LogP contribution in [0.25, 0.3) is 0 Å². The molecule has 0 radical (unpaired) electrons. The average molecular weight is 516 g/mol. The van der Waals surface area contributed by atoms with E-state index < -0.39 is 5.92 Å². The summed E-state index contributed by atoms with van der Waals surface area (Å²) in [6.45, 7) is 0.253. The van der Waals surface area contributed by atoms with E-state index in [-0.39, 0.29) is 23.8 Å². The lowest BCUT2D eigenvalue weighted by Gasteiger charge is -2.31. The van der Waals surface area contributed by atoms with Gasteiger partial charge in [0.05, 0.1) is 13.0 Å². The second-order valence-corrected chi connectivity index (χ2v) is 8.70. The van der Waals surface area contributed by atoms with Crippen molar-refractivity contribution in [2.24, 2.45) is 5.73 Å². The van der Waals surface area contributed by atoms with Gasteiger partial charge >= 0.3 is 0 Å². The second kappa shape index (κ2) is 9.27. The van der Waals surface area contributed by atoms with Gasteiger partial charge in [-0.25, -0.2) is 0 Å². The molecule has 1 aliphatic carbocycles. The number of nitriles is 1. The lowest BCUT2D eigenvalue weighted by molar-refractivity contribution is -0.116. The first kappa shape index (κ1) is 22.3. The maximum absolute atomic E-state index is 12.8. The summed E-state index contributed by atoms with van der Waals surface area (Å²) >= 11 is 9.82. The molecule has 2 aromatic carbocycles. The number of ketones is 1. The van der Waals surface area contributed by atoms with Crippen LogP contribution in [0, 0.1) is 11.3 Å². The number of nitrogens with two attached hydrogens (primary N) is 1. The standard InChI is InChI=1S/C24H20BrClN2O4/c1-30-20-9-14(16(25)10-21(20)31-12-13-5-2-3-6-17(13)26)22-15(11-27)24(28)32-19-8-4-7-18(29)23(19)22/h2-3,5-6,9-10,22H,4,7-8,12,28H2,1H3/t22-/m1/s1. The van der Waals surface area contributed by atoms with E-state index in [2.05, 4.69) is 22.0 Å². The van der Waals surface area contributed by atoms with Crippen molar-refractivity contribution in [1.29, 1.82) is 5.26 Å². The van der Waals surface area contributed by atoms with E-state index in [1.807, 2.05) is 18.2 Å². The molecule has 0 saturated heterocycles. The maximum Gasteiger partial charge on any atom is 0.205 e. The first-order valence-electron chi connectivity index (χ1n) is 10.0. The van der Waals surface area contributed by atoms with Crippen molar-refractivity contribution in [3.8, 4) is 17.6 Å². The summed E-state index contributed by atoms with van der Waals surface area (Å²) in [6.07, 6.45) is 1.70. The SMILES string of the molecule is COc1cc([C@@H]2C(C#N)=C(N)OC3=C2C(=O)CCC3)c(Br)cc1OCc1ccccc1Cl. The van der Waals surface area contributed by atoms with Crippen LogP contribution in [0.5, 0.6) is 11.5 Å². The zero-order valence-electron chi connectivity index (χ0n) is 17.3. The van der Waals surface area contributed by atoms with Gasteiger partial charge in [-0.15, -0.1) is 0 Å². The van der Waals surface area contributed by atoms with Crippen molar-refractivity contribution in [3.05, 3.63) is 79.8 Å². The largest absolute Gasteiger partial charge is 0.493 e. The molecule has 6 nitrogen and oxygen atoms in total. The van der Waals surface area contributed by atoms with Crippen LogP contribution in [0.15, 0.2) is 63.7 Å². The average Bonchev–Trinajstić information content (AvgIpc) is 2.78. The van der Waals surface area contributed by atoms with Crippen LogP contribution in [-0.4, -0.2) is 12.9 Å². The Morgan fingerprint density at radius 3 is 2.78 bits per heavy atom. The van der Waals surface area contributed by atoms with E-state index >= 15 is 0 Å². The topological polar surface area (TPSA) is 94.6 Å². The highest BCUT2D eigenvalue weighted by Crippen LogP contribution is 2.47. The predicted octanol–water partition coefficient (Wildman–Crippen LogP) is 5.50. The third kappa shape index (κ3) is 4.08. The number of rotatable bonds is 5. The molecule has 2 aliphatic rings. The van der Waals surface area contributed by atoms with Gasteiger partial charge in [-0.1, -0.05) is 45.7 Å². The third-order valence-corrected chi connectivity index (χ3v) is 6.60. The van der Waals surface area contributed by atoms with Crippen LogP contribution in [0.3, 0.4) is 0 Å². The molecular formula is C24H20BrClN2O4. The summed E-state index contributed by atoms with van der Waals surface area (Å²) in [4.78, 5) is 12.8. The van der Waals surface area contributed by atoms with Gasteiger partial charge < -0.3 is 19.9 Å². The zero-order chi connectivity index (χ0) is 22.8. The van der Waals surface area contributed by atoms with E-state index in [1.165, 1.54) is 7.11 Å². The van der Waals surface area contributed by atoms with Crippen molar-refractivity contribution < 1.29 is 19.0 Å². The van der Waals surface area contributed by atoms with Gasteiger partial charge in [-0.05, 0) is 30.2 Å². The van der Waals surface area contributed by atoms with Crippen LogP contribution in [0.1, 0.15) is 36.3 Å². The third-order valence-electron chi connectivity index (χ3n) is 5.54. The number of carbonyl (C=O) groups excluding carboxylic acids is 1. The van der Waals surface area contributed by atoms with Crippen molar-refractivity contribution in [1.82, 2.24) is 0 Å². The van der Waals surface area contributed by atoms with Crippen LogP contribution in [0.2, 0.25) is 5.02 Å². The van der Waals surface area contributed by atoms with Gasteiger partial charge in [0.15, 0.2) is 17.3 Å². The summed E-state index contributed by atoms with van der Waals surface area (Å²) < 4.78 is 17.8. The predicted molar refractivity (Wildman–Crippen MR) is 123 cm³/mol. The molecule has 0 spiro atoms. The Labute approximate surface area is 199 Å². The fourth-order valence-electron chi connectivity index (χ4n) is 3.98. The number of Topliss-reactive ketones (excluding diaryl/α,β-unsaturated/α-hetero) is 1. The molecule has 164 valence electrons. The summed E-state index contributed by atoms with van der Waals surface area (Å²) in [5, 5.41) is 10.4. The number of benzene rings is 2. The highest BCUT2D eigenvalue weighted by Gasteiger charge is 2.39. The van der Waals surface area contributed by atoms with Crippen LogP contribution in [-0.2, 0) is 16.1 Å². The molecule has 0 unspecified atom stereocenters. The number of carbonyl (C=O) groups is 1. The van der Waals surface area contributed by atoms with E-state index in [9.17, 15) is 10.1 Å². The number of hydrogen-bond acceptors (Lipinski definition) is 6. The minimum atomic E-state index is -0.641. The number of hydrogen-bond donors (Lipinski definition) is 1. The van der Waals surface area contributed by atoms with Crippen LogP contribution in [0.4, 0.5) is 0 Å². The van der Waals surface area contributed by atoms with E-state index in [0.29, 0.717) is 57.2 Å². The Kier molecular flexibility index (Phi) is 6.45. The Hall–Kier alpha value is -2.95. The normalized spacial score (nSPS) is 18.1. The molecule has 0 fully saturated rings. The highest BCUT2D eigenvalue weighted by atomic mass is 79.9. The molecule has 0 saturated carbocycles. The molecule has 1 heterocycles. The molecular weight excluding hydrogens is 496 g/mol. The smallest absolute Gasteiger partial charge is 0.205 e. The molecule has 0 aromatic heterocycles. The Morgan fingerprint density at radius 2 is 2.06 bits per heavy atom. The summed E-state index contributed by atoms with van der Waals surface area (Å²) in [6, 6.07) is 13.1. The minimum Gasteiger partial charge on any atom is -0.493 e. The van der Waals surface area contributed by atoms with Gasteiger partial charge in [-0.3, -0.25) is 4.79 Å². The maximum atomic E-state index is 12.8. The fraction of sp³-hybridized carbons (Fsp3) is 0.250. The Balaban J connectivity index is 1.75. The molecule has 0 bridgehead atoms. The molecule has 4 rings (SSSR count). The Bertz CT molecular complexity index is 1200. The number of halogens is 2. The summed E-state index contributed by atoms with van der Waals surface area (Å²) in [7, 11) is 1.53. The van der Waals surface area contributed by atoms with Crippen molar-refractivity contribution in [2.45, 2.75) is 31.8 Å². The van der Waals surface area contributed by atoms with Gasteiger partial charge in [0, 0.05) is 33.5 Å². The van der Waals surface area contributed by atoms with Gasteiger partial charge in [0.2, 0.25) is 5.88 Å². The summed E-state index contributed by atoms with van der Waals surface area (Å²) in [5.74, 6) is 0.833. The fourth-order valence-corrected chi connectivity index (χ4v) is 4.72. The minimum absolute atomic E-state index is 0.0239. The monoisotopic (exact) mass is 514 g/mol. The van der Waals surface area contributed by atoms with Gasteiger partial charge in [0.1, 0.15) is 24.0 Å².